The van der Waals surface area contributed by atoms with Crippen molar-refractivity contribution in [2.45, 2.75) is 26.2 Å². The standard InChI is InChI=1S/C15H21ClN2O3S/c1-3-11-5-4-8-18(10-11)15(19)13-9-12(16)6-7-14(13)17-22(2,20)21/h6-7,9,11,17H,3-5,8,10H2,1-2H3. The Hall–Kier alpha value is -1.27. The Morgan fingerprint density at radius 2 is 2.18 bits per heavy atom. The molecule has 0 radical (unpaired) electrons. The SMILES string of the molecule is CCC1CCCN(C(=O)c2cc(Cl)ccc2NS(C)(=O)=O)C1. The normalized spacial score (nSPS) is 19.0. The van der Waals surface area contributed by atoms with Crippen molar-refractivity contribution in [2.24, 2.45) is 5.92 Å². The lowest BCUT2D eigenvalue weighted by Gasteiger charge is -2.32. The number of sulfonamides is 1. The predicted octanol–water partition coefficient (Wildman–Crippen LogP) is 2.97. The molecule has 0 aliphatic carbocycles. The summed E-state index contributed by atoms with van der Waals surface area (Å²) in [5.41, 5.74) is 0.574. The van der Waals surface area contributed by atoms with E-state index in [1.165, 1.54) is 12.1 Å². The molecule has 1 unspecified atom stereocenters. The molecule has 0 aromatic heterocycles. The summed E-state index contributed by atoms with van der Waals surface area (Å²) in [5.74, 6) is 0.329. The third-order valence-corrected chi connectivity index (χ3v) is 4.72. The van der Waals surface area contributed by atoms with E-state index in [-0.39, 0.29) is 11.6 Å². The summed E-state index contributed by atoms with van der Waals surface area (Å²) in [6, 6.07) is 4.61. The van der Waals surface area contributed by atoms with Crippen LogP contribution in [0, 0.1) is 5.92 Å². The number of hydrogen-bond donors (Lipinski definition) is 1. The molecular formula is C15H21ClN2O3S. The van der Waals surface area contributed by atoms with Gasteiger partial charge in [-0.2, -0.15) is 0 Å². The lowest BCUT2D eigenvalue weighted by molar-refractivity contribution is 0.0672. The molecule has 1 saturated heterocycles. The van der Waals surface area contributed by atoms with Gasteiger partial charge in [0.25, 0.3) is 5.91 Å². The second-order valence-corrected chi connectivity index (χ2v) is 7.92. The second-order valence-electron chi connectivity index (χ2n) is 5.73. The van der Waals surface area contributed by atoms with Crippen LogP contribution in [0.5, 0.6) is 0 Å². The van der Waals surface area contributed by atoms with E-state index < -0.39 is 10.0 Å². The van der Waals surface area contributed by atoms with Gasteiger partial charge in [0.15, 0.2) is 0 Å². The Bertz CT molecular complexity index is 661. The smallest absolute Gasteiger partial charge is 0.256 e. The molecule has 1 aromatic rings. The average Bonchev–Trinajstić information content (AvgIpc) is 2.47. The van der Waals surface area contributed by atoms with Gasteiger partial charge in [0.1, 0.15) is 0 Å². The summed E-state index contributed by atoms with van der Waals surface area (Å²) in [6.45, 7) is 3.52. The van der Waals surface area contributed by atoms with Crippen LogP contribution in [0.1, 0.15) is 36.5 Å². The van der Waals surface area contributed by atoms with Gasteiger partial charge in [-0.1, -0.05) is 24.9 Å². The molecule has 2 rings (SSSR count). The number of likely N-dealkylation sites (tertiary alicyclic amines) is 1. The third-order valence-electron chi connectivity index (χ3n) is 3.89. The molecule has 1 aliphatic heterocycles. The number of nitrogens with one attached hydrogen (secondary N) is 1. The van der Waals surface area contributed by atoms with Crippen LogP contribution in [0.4, 0.5) is 5.69 Å². The molecule has 0 saturated carbocycles. The van der Waals surface area contributed by atoms with Crippen LogP contribution in [-0.2, 0) is 10.0 Å². The first-order valence-corrected chi connectivity index (χ1v) is 9.63. The van der Waals surface area contributed by atoms with Crippen LogP contribution >= 0.6 is 11.6 Å². The zero-order chi connectivity index (χ0) is 16.3. The van der Waals surface area contributed by atoms with E-state index in [1.807, 2.05) is 0 Å². The molecule has 22 heavy (non-hydrogen) atoms. The molecule has 122 valence electrons. The Labute approximate surface area is 136 Å². The van der Waals surface area contributed by atoms with Crippen molar-refractivity contribution in [3.8, 4) is 0 Å². The quantitative estimate of drug-likeness (QED) is 0.913. The molecule has 1 N–H and O–H groups in total. The van der Waals surface area contributed by atoms with Crippen LogP contribution in [-0.4, -0.2) is 38.6 Å². The fourth-order valence-corrected chi connectivity index (χ4v) is 3.48. The highest BCUT2D eigenvalue weighted by atomic mass is 35.5. The van der Waals surface area contributed by atoms with Crippen LogP contribution in [0.25, 0.3) is 0 Å². The van der Waals surface area contributed by atoms with E-state index in [0.717, 1.165) is 25.5 Å². The monoisotopic (exact) mass is 344 g/mol. The Balaban J connectivity index is 2.30. The fourth-order valence-electron chi connectivity index (χ4n) is 2.74. The fraction of sp³-hybridized carbons (Fsp3) is 0.533. The maximum atomic E-state index is 12.8. The Morgan fingerprint density at radius 3 is 2.82 bits per heavy atom. The summed E-state index contributed by atoms with van der Waals surface area (Å²) in [5, 5.41) is 0.409. The summed E-state index contributed by atoms with van der Waals surface area (Å²) < 4.78 is 25.3. The minimum absolute atomic E-state index is 0.174. The van der Waals surface area contributed by atoms with Crippen molar-refractivity contribution in [2.75, 3.05) is 24.1 Å². The van der Waals surface area contributed by atoms with Gasteiger partial charge in [-0.25, -0.2) is 8.42 Å². The number of carbonyl (C=O) groups is 1. The molecule has 0 spiro atoms. The van der Waals surface area contributed by atoms with Gasteiger partial charge in [-0.05, 0) is 37.0 Å². The first-order valence-electron chi connectivity index (χ1n) is 7.36. The van der Waals surface area contributed by atoms with Crippen LogP contribution in [0.2, 0.25) is 5.02 Å². The number of piperidine rings is 1. The van der Waals surface area contributed by atoms with Crippen molar-refractivity contribution < 1.29 is 13.2 Å². The van der Waals surface area contributed by atoms with E-state index >= 15 is 0 Å². The molecule has 0 bridgehead atoms. The van der Waals surface area contributed by atoms with Crippen molar-refractivity contribution in [1.82, 2.24) is 4.90 Å². The highest BCUT2D eigenvalue weighted by Gasteiger charge is 2.25. The van der Waals surface area contributed by atoms with E-state index in [1.54, 1.807) is 11.0 Å². The van der Waals surface area contributed by atoms with Gasteiger partial charge >= 0.3 is 0 Å². The topological polar surface area (TPSA) is 66.5 Å². The molecular weight excluding hydrogens is 324 g/mol. The largest absolute Gasteiger partial charge is 0.338 e. The zero-order valence-electron chi connectivity index (χ0n) is 12.8. The summed E-state index contributed by atoms with van der Waals surface area (Å²) in [4.78, 5) is 14.5. The Morgan fingerprint density at radius 1 is 1.45 bits per heavy atom. The number of anilines is 1. The van der Waals surface area contributed by atoms with Crippen molar-refractivity contribution in [3.05, 3.63) is 28.8 Å². The number of amides is 1. The first kappa shape index (κ1) is 17.1. The highest BCUT2D eigenvalue weighted by molar-refractivity contribution is 7.92. The lowest BCUT2D eigenvalue weighted by Crippen LogP contribution is -2.40. The molecule has 5 nitrogen and oxygen atoms in total. The number of carbonyl (C=O) groups excluding carboxylic acids is 1. The average molecular weight is 345 g/mol. The van der Waals surface area contributed by atoms with Crippen LogP contribution < -0.4 is 4.72 Å². The van der Waals surface area contributed by atoms with Crippen molar-refractivity contribution >= 4 is 33.2 Å². The highest BCUT2D eigenvalue weighted by Crippen LogP contribution is 2.26. The molecule has 7 heteroatoms. The molecule has 1 aliphatic rings. The van der Waals surface area contributed by atoms with Gasteiger partial charge in [0.05, 0.1) is 17.5 Å². The van der Waals surface area contributed by atoms with Gasteiger partial charge in [0, 0.05) is 18.1 Å². The summed E-state index contributed by atoms with van der Waals surface area (Å²) in [7, 11) is -3.46. The molecule has 1 fully saturated rings. The van der Waals surface area contributed by atoms with E-state index in [0.29, 0.717) is 29.6 Å². The number of nitrogens with zero attached hydrogens (tertiary/aromatic N) is 1. The van der Waals surface area contributed by atoms with Crippen molar-refractivity contribution in [1.29, 1.82) is 0 Å². The zero-order valence-corrected chi connectivity index (χ0v) is 14.4. The van der Waals surface area contributed by atoms with Gasteiger partial charge in [0.2, 0.25) is 10.0 Å². The van der Waals surface area contributed by atoms with Gasteiger partial charge in [-0.15, -0.1) is 0 Å². The van der Waals surface area contributed by atoms with Crippen molar-refractivity contribution in [3.63, 3.8) is 0 Å². The van der Waals surface area contributed by atoms with Crippen LogP contribution in [0.15, 0.2) is 18.2 Å². The first-order chi connectivity index (χ1) is 10.3. The number of halogens is 1. The number of benzene rings is 1. The predicted molar refractivity (Wildman–Crippen MR) is 88.8 cm³/mol. The molecule has 1 atom stereocenters. The lowest BCUT2D eigenvalue weighted by atomic mass is 9.95. The molecule has 1 heterocycles. The summed E-state index contributed by atoms with van der Waals surface area (Å²) >= 11 is 5.98. The van der Waals surface area contributed by atoms with Gasteiger partial charge in [-0.3, -0.25) is 9.52 Å². The van der Waals surface area contributed by atoms with Crippen LogP contribution in [0.3, 0.4) is 0 Å². The minimum atomic E-state index is -3.46. The number of hydrogen-bond acceptors (Lipinski definition) is 3. The maximum absolute atomic E-state index is 12.8. The number of rotatable bonds is 4. The second kappa shape index (κ2) is 6.87. The third kappa shape index (κ3) is 4.36. The van der Waals surface area contributed by atoms with Gasteiger partial charge < -0.3 is 4.90 Å². The summed E-state index contributed by atoms with van der Waals surface area (Å²) in [6.07, 6.45) is 4.20. The van der Waals surface area contributed by atoms with E-state index in [9.17, 15) is 13.2 Å². The minimum Gasteiger partial charge on any atom is -0.338 e. The van der Waals surface area contributed by atoms with E-state index in [2.05, 4.69) is 11.6 Å². The Kier molecular flexibility index (Phi) is 5.34. The molecule has 1 amide bonds. The van der Waals surface area contributed by atoms with E-state index in [4.69, 9.17) is 11.6 Å². The molecule has 1 aromatic carbocycles. The maximum Gasteiger partial charge on any atom is 0.256 e.